The molecule has 0 bridgehead atoms. The number of carbonyl (C=O) groups excluding carboxylic acids is 1. The zero-order valence-electron chi connectivity index (χ0n) is 13.9. The van der Waals surface area contributed by atoms with Gasteiger partial charge in [0.05, 0.1) is 26.2 Å². The van der Waals surface area contributed by atoms with Gasteiger partial charge in [0, 0.05) is 11.6 Å². The lowest BCUT2D eigenvalue weighted by molar-refractivity contribution is -0.136. The van der Waals surface area contributed by atoms with Gasteiger partial charge in [-0.05, 0) is 29.8 Å². The smallest absolute Gasteiger partial charge is 0.307 e. The van der Waals surface area contributed by atoms with Crippen molar-refractivity contribution < 1.29 is 29.3 Å². The number of rotatable bonds is 7. The second kappa shape index (κ2) is 8.01. The van der Waals surface area contributed by atoms with Crippen molar-refractivity contribution in [3.8, 4) is 17.2 Å². The number of hydrogen-bond acceptors (Lipinski definition) is 5. The number of hydrogen-bond donors (Lipinski definition) is 2. The van der Waals surface area contributed by atoms with Crippen molar-refractivity contribution in [3.63, 3.8) is 0 Å². The topological polar surface area (TPSA) is 93.1 Å². The van der Waals surface area contributed by atoms with Gasteiger partial charge in [0.15, 0.2) is 5.78 Å². The summed E-state index contributed by atoms with van der Waals surface area (Å²) >= 11 is 0. The van der Waals surface area contributed by atoms with E-state index in [1.54, 1.807) is 37.5 Å². The molecule has 25 heavy (non-hydrogen) atoms. The van der Waals surface area contributed by atoms with Crippen molar-refractivity contribution in [3.05, 3.63) is 59.2 Å². The molecule has 0 aliphatic heterocycles. The van der Waals surface area contributed by atoms with E-state index in [9.17, 15) is 14.7 Å². The molecule has 0 radical (unpaired) electrons. The number of phenolic OH excluding ortho intramolecular Hbond substituents is 1. The second-order valence-corrected chi connectivity index (χ2v) is 5.22. The number of carboxylic acid groups (broad SMARTS) is 1. The third-order valence-corrected chi connectivity index (χ3v) is 3.55. The third kappa shape index (κ3) is 4.60. The molecule has 0 aliphatic carbocycles. The van der Waals surface area contributed by atoms with Gasteiger partial charge < -0.3 is 19.7 Å². The van der Waals surface area contributed by atoms with Crippen molar-refractivity contribution in [2.45, 2.75) is 6.42 Å². The summed E-state index contributed by atoms with van der Waals surface area (Å²) in [7, 11) is 2.93. The predicted molar refractivity (Wildman–Crippen MR) is 92.4 cm³/mol. The van der Waals surface area contributed by atoms with Gasteiger partial charge in [-0.1, -0.05) is 18.2 Å². The van der Waals surface area contributed by atoms with Gasteiger partial charge >= 0.3 is 5.97 Å². The minimum Gasteiger partial charge on any atom is -0.507 e. The first-order chi connectivity index (χ1) is 11.9. The van der Waals surface area contributed by atoms with Crippen molar-refractivity contribution in [1.29, 1.82) is 0 Å². The Morgan fingerprint density at radius 1 is 1.08 bits per heavy atom. The van der Waals surface area contributed by atoms with Crippen LogP contribution in [0.5, 0.6) is 17.2 Å². The molecule has 0 atom stereocenters. The molecule has 2 rings (SSSR count). The van der Waals surface area contributed by atoms with Crippen LogP contribution in [-0.2, 0) is 11.2 Å². The molecule has 2 aromatic rings. The number of carboxylic acids is 1. The highest BCUT2D eigenvalue weighted by atomic mass is 16.5. The van der Waals surface area contributed by atoms with Crippen molar-refractivity contribution in [2.24, 2.45) is 0 Å². The maximum absolute atomic E-state index is 12.3. The number of ketones is 1. The molecule has 6 nitrogen and oxygen atoms in total. The van der Waals surface area contributed by atoms with Crippen molar-refractivity contribution >= 4 is 17.8 Å². The van der Waals surface area contributed by atoms with Crippen molar-refractivity contribution in [1.82, 2.24) is 0 Å². The normalized spacial score (nSPS) is 10.6. The molecule has 0 saturated heterocycles. The van der Waals surface area contributed by atoms with Gasteiger partial charge in [0.1, 0.15) is 17.2 Å². The van der Waals surface area contributed by atoms with E-state index in [2.05, 4.69) is 0 Å². The molecule has 0 unspecified atom stereocenters. The van der Waals surface area contributed by atoms with E-state index in [4.69, 9.17) is 14.6 Å². The Kier molecular flexibility index (Phi) is 5.79. The molecule has 6 heteroatoms. The van der Waals surface area contributed by atoms with E-state index >= 15 is 0 Å². The van der Waals surface area contributed by atoms with Gasteiger partial charge in [-0.2, -0.15) is 0 Å². The van der Waals surface area contributed by atoms with Crippen LogP contribution >= 0.6 is 0 Å². The fourth-order valence-corrected chi connectivity index (χ4v) is 2.28. The van der Waals surface area contributed by atoms with Crippen LogP contribution in [0.2, 0.25) is 0 Å². The summed E-state index contributed by atoms with van der Waals surface area (Å²) in [6, 6.07) is 9.67. The number of aliphatic carboxylic acids is 1. The zero-order valence-corrected chi connectivity index (χ0v) is 13.9. The van der Waals surface area contributed by atoms with Gasteiger partial charge in [-0.3, -0.25) is 9.59 Å². The first kappa shape index (κ1) is 18.1. The summed E-state index contributed by atoms with van der Waals surface area (Å²) in [6.45, 7) is 0. The summed E-state index contributed by atoms with van der Waals surface area (Å²) in [5.41, 5.74) is 1.11. The number of aromatic hydroxyl groups is 1. The monoisotopic (exact) mass is 342 g/mol. The lowest BCUT2D eigenvalue weighted by Gasteiger charge is -2.10. The molecule has 2 aromatic carbocycles. The van der Waals surface area contributed by atoms with E-state index in [0.717, 1.165) is 5.56 Å². The van der Waals surface area contributed by atoms with Gasteiger partial charge in [-0.15, -0.1) is 0 Å². The number of phenols is 1. The highest BCUT2D eigenvalue weighted by molar-refractivity contribution is 6.09. The van der Waals surface area contributed by atoms with Gasteiger partial charge in [0.2, 0.25) is 0 Å². The Balaban J connectivity index is 2.27. The molecular formula is C19H18O6. The second-order valence-electron chi connectivity index (χ2n) is 5.22. The van der Waals surface area contributed by atoms with Crippen molar-refractivity contribution in [2.75, 3.05) is 14.2 Å². The largest absolute Gasteiger partial charge is 0.507 e. The summed E-state index contributed by atoms with van der Waals surface area (Å²) < 4.78 is 10.1. The summed E-state index contributed by atoms with van der Waals surface area (Å²) in [6.07, 6.45) is 2.60. The average molecular weight is 342 g/mol. The van der Waals surface area contributed by atoms with Gasteiger partial charge in [0.25, 0.3) is 0 Å². The average Bonchev–Trinajstić information content (AvgIpc) is 2.60. The maximum atomic E-state index is 12.3. The predicted octanol–water partition coefficient (Wildman–Crippen LogP) is 2.93. The minimum atomic E-state index is -1.06. The van der Waals surface area contributed by atoms with Crippen LogP contribution in [0.25, 0.3) is 6.08 Å². The van der Waals surface area contributed by atoms with E-state index in [1.807, 2.05) is 0 Å². The Bertz CT molecular complexity index is 805. The standard InChI is InChI=1S/C19H18O6/c1-24-14-6-3-12(4-7-14)5-8-16(20)15-9-13(10-19(22)23)18(25-2)11-17(15)21/h3-9,11,21H,10H2,1-2H3,(H,22,23). The van der Waals surface area contributed by atoms with Crippen LogP contribution in [0.1, 0.15) is 21.5 Å². The van der Waals surface area contributed by atoms with E-state index in [-0.39, 0.29) is 23.5 Å². The zero-order chi connectivity index (χ0) is 18.4. The molecular weight excluding hydrogens is 324 g/mol. The lowest BCUT2D eigenvalue weighted by Crippen LogP contribution is -2.05. The molecule has 2 N–H and O–H groups in total. The molecule has 0 heterocycles. The number of ether oxygens (including phenoxy) is 2. The SMILES string of the molecule is COc1ccc(C=CC(=O)c2cc(CC(=O)O)c(OC)cc2O)cc1. The van der Waals surface area contributed by atoms with Crippen LogP contribution in [0, 0.1) is 0 Å². The first-order valence-corrected chi connectivity index (χ1v) is 7.42. The summed E-state index contributed by atoms with van der Waals surface area (Å²) in [4.78, 5) is 23.3. The number of allylic oxidation sites excluding steroid dienone is 1. The number of methoxy groups -OCH3 is 2. The fraction of sp³-hybridized carbons (Fsp3) is 0.158. The van der Waals surface area contributed by atoms with E-state index in [1.165, 1.54) is 25.3 Å². The molecule has 0 aromatic heterocycles. The molecule has 130 valence electrons. The highest BCUT2D eigenvalue weighted by Gasteiger charge is 2.16. The molecule has 0 spiro atoms. The molecule has 0 saturated carbocycles. The van der Waals surface area contributed by atoms with E-state index < -0.39 is 11.8 Å². The molecule has 0 fully saturated rings. The Morgan fingerprint density at radius 2 is 1.76 bits per heavy atom. The van der Waals surface area contributed by atoms with Crippen LogP contribution in [-0.4, -0.2) is 36.2 Å². The third-order valence-electron chi connectivity index (χ3n) is 3.55. The first-order valence-electron chi connectivity index (χ1n) is 7.42. The Labute approximate surface area is 144 Å². The Hall–Kier alpha value is -3.28. The summed E-state index contributed by atoms with van der Waals surface area (Å²) in [5, 5.41) is 19.0. The number of carbonyl (C=O) groups is 2. The summed E-state index contributed by atoms with van der Waals surface area (Å²) in [5.74, 6) is -0.848. The van der Waals surface area contributed by atoms with Crippen LogP contribution in [0.15, 0.2) is 42.5 Å². The molecule has 0 amide bonds. The van der Waals surface area contributed by atoms with Crippen LogP contribution in [0.4, 0.5) is 0 Å². The maximum Gasteiger partial charge on any atom is 0.307 e. The van der Waals surface area contributed by atoms with E-state index in [0.29, 0.717) is 11.3 Å². The lowest BCUT2D eigenvalue weighted by atomic mass is 10.0. The van der Waals surface area contributed by atoms with Crippen LogP contribution < -0.4 is 9.47 Å². The van der Waals surface area contributed by atoms with Gasteiger partial charge in [-0.25, -0.2) is 0 Å². The fourth-order valence-electron chi connectivity index (χ4n) is 2.28. The Morgan fingerprint density at radius 3 is 2.32 bits per heavy atom. The number of benzene rings is 2. The van der Waals surface area contributed by atoms with Crippen LogP contribution in [0.3, 0.4) is 0 Å². The molecule has 0 aliphatic rings. The highest BCUT2D eigenvalue weighted by Crippen LogP contribution is 2.29. The minimum absolute atomic E-state index is 0.0156. The quantitative estimate of drug-likeness (QED) is 0.594.